The maximum atomic E-state index is 12.3. The molecule has 1 N–H and O–H groups in total. The van der Waals surface area contributed by atoms with Crippen molar-refractivity contribution in [2.75, 3.05) is 5.32 Å². The van der Waals surface area contributed by atoms with E-state index in [0.29, 0.717) is 32.3 Å². The van der Waals surface area contributed by atoms with E-state index in [-0.39, 0.29) is 12.4 Å². The quantitative estimate of drug-likeness (QED) is 0.440. The monoisotopic (exact) mass is 473 g/mol. The Balaban J connectivity index is 1.66. The molecule has 0 aliphatic carbocycles. The number of rotatable bonds is 5. The van der Waals surface area contributed by atoms with E-state index in [4.69, 9.17) is 44.0 Å². The lowest BCUT2D eigenvalue weighted by Gasteiger charge is -2.08. The Labute approximate surface area is 173 Å². The molecular weight excluding hydrogens is 464 g/mol. The number of ether oxygens (including phenoxy) is 1. The summed E-state index contributed by atoms with van der Waals surface area (Å²) in [6, 6.07) is 13.4. The molecule has 0 atom stereocenters. The summed E-state index contributed by atoms with van der Waals surface area (Å²) in [5, 5.41) is 3.78. The number of halogens is 4. The second-order valence-electron chi connectivity index (χ2n) is 5.18. The standard InChI is InChI=1S/C18H11BrCl3NO3/c19-10-4-6-15(14(22)8-10)25-9-11-5-7-16(26-11)18(24)23-17-12(20)2-1-3-13(17)21/h1-8H,9H2,(H,23,24). The van der Waals surface area contributed by atoms with E-state index in [1.807, 2.05) is 6.07 Å². The van der Waals surface area contributed by atoms with Gasteiger partial charge in [0.05, 0.1) is 20.8 Å². The van der Waals surface area contributed by atoms with Gasteiger partial charge in [0, 0.05) is 4.47 Å². The van der Waals surface area contributed by atoms with Crippen molar-refractivity contribution in [1.82, 2.24) is 0 Å². The minimum atomic E-state index is -0.465. The maximum Gasteiger partial charge on any atom is 0.291 e. The van der Waals surface area contributed by atoms with Crippen LogP contribution in [0.3, 0.4) is 0 Å². The Kier molecular flexibility index (Phi) is 6.14. The molecule has 0 unspecified atom stereocenters. The van der Waals surface area contributed by atoms with Crippen molar-refractivity contribution >= 4 is 62.3 Å². The number of benzene rings is 2. The summed E-state index contributed by atoms with van der Waals surface area (Å²) < 4.78 is 12.0. The molecule has 8 heteroatoms. The van der Waals surface area contributed by atoms with E-state index in [0.717, 1.165) is 4.47 Å². The Morgan fingerprint density at radius 3 is 2.46 bits per heavy atom. The van der Waals surface area contributed by atoms with Crippen LogP contribution in [0.1, 0.15) is 16.3 Å². The van der Waals surface area contributed by atoms with E-state index in [2.05, 4.69) is 21.2 Å². The van der Waals surface area contributed by atoms with Crippen LogP contribution in [-0.4, -0.2) is 5.91 Å². The molecule has 1 aromatic heterocycles. The van der Waals surface area contributed by atoms with Gasteiger partial charge in [-0.1, -0.05) is 56.8 Å². The van der Waals surface area contributed by atoms with Gasteiger partial charge in [0.1, 0.15) is 18.1 Å². The van der Waals surface area contributed by atoms with Crippen LogP contribution in [0.15, 0.2) is 57.4 Å². The van der Waals surface area contributed by atoms with Gasteiger partial charge < -0.3 is 14.5 Å². The highest BCUT2D eigenvalue weighted by atomic mass is 79.9. The van der Waals surface area contributed by atoms with Gasteiger partial charge in [-0.05, 0) is 42.5 Å². The highest BCUT2D eigenvalue weighted by Gasteiger charge is 2.15. The van der Waals surface area contributed by atoms with Crippen molar-refractivity contribution in [3.05, 3.63) is 79.6 Å². The minimum absolute atomic E-state index is 0.112. The fourth-order valence-electron chi connectivity index (χ4n) is 2.11. The zero-order valence-electron chi connectivity index (χ0n) is 13.1. The van der Waals surface area contributed by atoms with Crippen LogP contribution in [0.25, 0.3) is 0 Å². The zero-order chi connectivity index (χ0) is 18.7. The van der Waals surface area contributed by atoms with E-state index < -0.39 is 5.91 Å². The number of nitrogens with one attached hydrogen (secondary N) is 1. The highest BCUT2D eigenvalue weighted by Crippen LogP contribution is 2.31. The summed E-state index contributed by atoms with van der Waals surface area (Å²) in [4.78, 5) is 12.3. The fraction of sp³-hybridized carbons (Fsp3) is 0.0556. The van der Waals surface area contributed by atoms with Crippen LogP contribution in [0.5, 0.6) is 5.75 Å². The molecular formula is C18H11BrCl3NO3. The van der Waals surface area contributed by atoms with Gasteiger partial charge >= 0.3 is 0 Å². The van der Waals surface area contributed by atoms with Crippen molar-refractivity contribution in [3.63, 3.8) is 0 Å². The number of hydrogen-bond acceptors (Lipinski definition) is 3. The molecule has 0 bridgehead atoms. The molecule has 0 saturated heterocycles. The average molecular weight is 476 g/mol. The molecule has 0 saturated carbocycles. The molecule has 26 heavy (non-hydrogen) atoms. The van der Waals surface area contributed by atoms with E-state index in [1.165, 1.54) is 0 Å². The van der Waals surface area contributed by atoms with Gasteiger partial charge in [-0.15, -0.1) is 0 Å². The number of carbonyl (C=O) groups excluding carboxylic acids is 1. The lowest BCUT2D eigenvalue weighted by Crippen LogP contribution is -2.11. The molecule has 3 aromatic rings. The first kappa shape index (κ1) is 19.1. The first-order chi connectivity index (χ1) is 12.4. The number of anilines is 1. The Morgan fingerprint density at radius 1 is 1.04 bits per heavy atom. The minimum Gasteiger partial charge on any atom is -0.484 e. The molecule has 2 aromatic carbocycles. The van der Waals surface area contributed by atoms with E-state index >= 15 is 0 Å². The number of amides is 1. The summed E-state index contributed by atoms with van der Waals surface area (Å²) in [6.07, 6.45) is 0. The first-order valence-electron chi connectivity index (χ1n) is 7.36. The van der Waals surface area contributed by atoms with Crippen LogP contribution in [-0.2, 0) is 6.61 Å². The van der Waals surface area contributed by atoms with Gasteiger partial charge in [-0.25, -0.2) is 0 Å². The Morgan fingerprint density at radius 2 is 1.77 bits per heavy atom. The maximum absolute atomic E-state index is 12.3. The summed E-state index contributed by atoms with van der Waals surface area (Å²) >= 11 is 21.5. The molecule has 0 fully saturated rings. The third-order valence-corrected chi connectivity index (χ3v) is 4.77. The molecule has 0 aliphatic heterocycles. The predicted molar refractivity (Wildman–Crippen MR) is 107 cm³/mol. The smallest absolute Gasteiger partial charge is 0.291 e. The molecule has 0 spiro atoms. The Hall–Kier alpha value is -1.66. The summed E-state index contributed by atoms with van der Waals surface area (Å²) in [6.45, 7) is 0.126. The third kappa shape index (κ3) is 4.54. The van der Waals surface area contributed by atoms with E-state index in [1.54, 1.807) is 42.5 Å². The van der Waals surface area contributed by atoms with E-state index in [9.17, 15) is 4.79 Å². The zero-order valence-corrected chi connectivity index (χ0v) is 16.9. The second-order valence-corrected chi connectivity index (χ2v) is 7.32. The highest BCUT2D eigenvalue weighted by molar-refractivity contribution is 9.10. The van der Waals surface area contributed by atoms with Crippen molar-refractivity contribution in [3.8, 4) is 5.75 Å². The summed E-state index contributed by atoms with van der Waals surface area (Å²) in [5.74, 6) is 0.633. The van der Waals surface area contributed by atoms with Crippen LogP contribution in [0.2, 0.25) is 15.1 Å². The van der Waals surface area contributed by atoms with Crippen LogP contribution < -0.4 is 10.1 Å². The van der Waals surface area contributed by atoms with Gasteiger partial charge in [0.15, 0.2) is 5.76 Å². The molecule has 3 rings (SSSR count). The lowest BCUT2D eigenvalue weighted by molar-refractivity contribution is 0.0992. The molecule has 0 radical (unpaired) electrons. The largest absolute Gasteiger partial charge is 0.484 e. The van der Waals surface area contributed by atoms with Gasteiger partial charge in [0.2, 0.25) is 0 Å². The average Bonchev–Trinajstić information content (AvgIpc) is 3.06. The molecule has 1 amide bonds. The SMILES string of the molecule is O=C(Nc1c(Cl)cccc1Cl)c1ccc(COc2ccc(Br)cc2Cl)o1. The Bertz CT molecular complexity index is 938. The third-order valence-electron chi connectivity index (χ3n) is 3.35. The molecule has 1 heterocycles. The second kappa shape index (κ2) is 8.35. The number of furan rings is 1. The molecule has 4 nitrogen and oxygen atoms in total. The van der Waals surface area contributed by atoms with Crippen molar-refractivity contribution in [2.45, 2.75) is 6.61 Å². The lowest BCUT2D eigenvalue weighted by atomic mass is 10.3. The van der Waals surface area contributed by atoms with Crippen LogP contribution >= 0.6 is 50.7 Å². The first-order valence-corrected chi connectivity index (χ1v) is 9.28. The topological polar surface area (TPSA) is 51.5 Å². The molecule has 134 valence electrons. The normalized spacial score (nSPS) is 10.6. The summed E-state index contributed by atoms with van der Waals surface area (Å²) in [5.41, 5.74) is 0.330. The fourth-order valence-corrected chi connectivity index (χ4v) is 3.33. The number of carbonyl (C=O) groups is 1. The van der Waals surface area contributed by atoms with Crippen molar-refractivity contribution in [1.29, 1.82) is 0 Å². The van der Waals surface area contributed by atoms with Gasteiger partial charge in [0.25, 0.3) is 5.91 Å². The van der Waals surface area contributed by atoms with Crippen molar-refractivity contribution in [2.24, 2.45) is 0 Å². The predicted octanol–water partition coefficient (Wildman–Crippen LogP) is 6.83. The number of para-hydroxylation sites is 1. The van der Waals surface area contributed by atoms with Gasteiger partial charge in [-0.2, -0.15) is 0 Å². The molecule has 0 aliphatic rings. The van der Waals surface area contributed by atoms with Crippen molar-refractivity contribution < 1.29 is 13.9 Å². The van der Waals surface area contributed by atoms with Gasteiger partial charge in [-0.3, -0.25) is 4.79 Å². The summed E-state index contributed by atoms with van der Waals surface area (Å²) in [7, 11) is 0. The van der Waals surface area contributed by atoms with Crippen LogP contribution in [0, 0.1) is 0 Å². The van der Waals surface area contributed by atoms with Crippen LogP contribution in [0.4, 0.5) is 5.69 Å². The number of hydrogen-bond donors (Lipinski definition) is 1.